The molecule has 1 unspecified atom stereocenters. The number of aliphatic carboxylic acids is 1. The summed E-state index contributed by atoms with van der Waals surface area (Å²) >= 11 is 1.68. The molecule has 1 atom stereocenters. The maximum Gasteiger partial charge on any atom is 0.305 e. The highest BCUT2D eigenvalue weighted by Crippen LogP contribution is 2.29. The summed E-state index contributed by atoms with van der Waals surface area (Å²) in [7, 11) is 0. The van der Waals surface area contributed by atoms with E-state index in [2.05, 4.69) is 0 Å². The van der Waals surface area contributed by atoms with Gasteiger partial charge in [0.15, 0.2) is 0 Å². The number of nitriles is 1. The van der Waals surface area contributed by atoms with Crippen LogP contribution in [0.2, 0.25) is 0 Å². The number of hydrogen-bond acceptors (Lipinski definition) is 6. The van der Waals surface area contributed by atoms with E-state index in [-0.39, 0.29) is 23.7 Å². The Morgan fingerprint density at radius 3 is 3.00 bits per heavy atom. The van der Waals surface area contributed by atoms with E-state index in [1.807, 2.05) is 11.0 Å². The quantitative estimate of drug-likeness (QED) is 0.668. The molecule has 1 aromatic rings. The molecule has 21 heavy (non-hydrogen) atoms. The molecule has 2 rings (SSSR count). The van der Waals surface area contributed by atoms with E-state index in [0.717, 1.165) is 5.75 Å². The average molecular weight is 307 g/mol. The van der Waals surface area contributed by atoms with Crippen LogP contribution in [-0.4, -0.2) is 40.1 Å². The Bertz CT molecular complexity index is 614. The van der Waals surface area contributed by atoms with Crippen molar-refractivity contribution in [2.45, 2.75) is 12.5 Å². The van der Waals surface area contributed by atoms with Crippen molar-refractivity contribution < 1.29 is 14.8 Å². The Kier molecular flexibility index (Phi) is 4.65. The van der Waals surface area contributed by atoms with Gasteiger partial charge in [0.2, 0.25) is 0 Å². The first-order valence-electron chi connectivity index (χ1n) is 6.27. The number of benzene rings is 1. The molecule has 110 valence electrons. The van der Waals surface area contributed by atoms with E-state index in [0.29, 0.717) is 18.0 Å². The Hall–Kier alpha value is -2.27. The second kappa shape index (κ2) is 6.45. The average Bonchev–Trinajstić information content (AvgIpc) is 2.46. The largest absolute Gasteiger partial charge is 0.481 e. The maximum atomic E-state index is 10.9. The Morgan fingerprint density at radius 2 is 2.38 bits per heavy atom. The zero-order chi connectivity index (χ0) is 15.4. The molecule has 1 aliphatic rings. The second-order valence-electron chi connectivity index (χ2n) is 4.59. The first-order valence-corrected chi connectivity index (χ1v) is 7.43. The fraction of sp³-hybridized carbons (Fsp3) is 0.385. The summed E-state index contributed by atoms with van der Waals surface area (Å²) in [5.41, 5.74) is 0.413. The standard InChI is InChI=1S/C13H13N3O4S/c14-7-9-5-10(1-2-12(9)16(19)20)15-3-4-21-8-11(15)6-13(17)18/h1-2,5,11H,3-4,6,8H2,(H,17,18). The van der Waals surface area contributed by atoms with Gasteiger partial charge < -0.3 is 10.0 Å². The lowest BCUT2D eigenvalue weighted by molar-refractivity contribution is -0.385. The van der Waals surface area contributed by atoms with Crippen LogP contribution in [0.3, 0.4) is 0 Å². The third kappa shape index (κ3) is 3.44. The summed E-state index contributed by atoms with van der Waals surface area (Å²) in [5.74, 6) is 0.662. The molecule has 0 radical (unpaired) electrons. The van der Waals surface area contributed by atoms with Gasteiger partial charge in [-0.15, -0.1) is 0 Å². The minimum absolute atomic E-state index is 0.00583. The van der Waals surface area contributed by atoms with Crippen LogP contribution in [0.1, 0.15) is 12.0 Å². The smallest absolute Gasteiger partial charge is 0.305 e. The van der Waals surface area contributed by atoms with Crippen LogP contribution in [0.15, 0.2) is 18.2 Å². The molecule has 1 aromatic carbocycles. The third-order valence-corrected chi connectivity index (χ3v) is 4.36. The van der Waals surface area contributed by atoms with Gasteiger partial charge in [-0.1, -0.05) is 0 Å². The molecule has 1 aliphatic heterocycles. The van der Waals surface area contributed by atoms with Crippen molar-refractivity contribution in [3.8, 4) is 6.07 Å². The first kappa shape index (κ1) is 15.1. The van der Waals surface area contributed by atoms with Gasteiger partial charge in [-0.25, -0.2) is 0 Å². The van der Waals surface area contributed by atoms with Crippen molar-refractivity contribution in [2.24, 2.45) is 0 Å². The minimum atomic E-state index is -0.880. The number of carboxylic acid groups (broad SMARTS) is 1. The normalized spacial score (nSPS) is 18.0. The zero-order valence-electron chi connectivity index (χ0n) is 11.1. The molecular formula is C13H13N3O4S. The molecule has 8 heteroatoms. The summed E-state index contributed by atoms with van der Waals surface area (Å²) in [6, 6.07) is 5.98. The van der Waals surface area contributed by atoms with E-state index in [1.165, 1.54) is 12.1 Å². The number of thioether (sulfide) groups is 1. The number of nitro benzene ring substituents is 1. The van der Waals surface area contributed by atoms with Crippen LogP contribution in [0, 0.1) is 21.4 Å². The topological polar surface area (TPSA) is 107 Å². The van der Waals surface area contributed by atoms with Gasteiger partial charge in [-0.2, -0.15) is 17.0 Å². The predicted octanol–water partition coefficient (Wildman–Crippen LogP) is 1.86. The Morgan fingerprint density at radius 1 is 1.62 bits per heavy atom. The van der Waals surface area contributed by atoms with Crippen molar-refractivity contribution in [1.82, 2.24) is 0 Å². The van der Waals surface area contributed by atoms with Crippen molar-refractivity contribution in [1.29, 1.82) is 5.26 Å². The van der Waals surface area contributed by atoms with Crippen LogP contribution >= 0.6 is 11.8 Å². The van der Waals surface area contributed by atoms with Gasteiger partial charge >= 0.3 is 5.97 Å². The molecule has 1 saturated heterocycles. The van der Waals surface area contributed by atoms with Crippen LogP contribution in [-0.2, 0) is 4.79 Å². The Labute approximate surface area is 125 Å². The molecular weight excluding hydrogens is 294 g/mol. The number of hydrogen-bond donors (Lipinski definition) is 1. The molecule has 7 nitrogen and oxygen atoms in total. The van der Waals surface area contributed by atoms with Gasteiger partial charge in [0.25, 0.3) is 5.69 Å². The molecule has 1 heterocycles. The summed E-state index contributed by atoms with van der Waals surface area (Å²) in [6.07, 6.45) is 0.00583. The minimum Gasteiger partial charge on any atom is -0.481 e. The molecule has 0 aliphatic carbocycles. The highest BCUT2D eigenvalue weighted by molar-refractivity contribution is 7.99. The van der Waals surface area contributed by atoms with Gasteiger partial charge in [-0.05, 0) is 12.1 Å². The Balaban J connectivity index is 2.33. The number of nitro groups is 1. The number of anilines is 1. The van der Waals surface area contributed by atoms with Crippen LogP contribution in [0.5, 0.6) is 0 Å². The van der Waals surface area contributed by atoms with Crippen LogP contribution in [0.4, 0.5) is 11.4 Å². The molecule has 0 amide bonds. The second-order valence-corrected chi connectivity index (χ2v) is 5.74. The van der Waals surface area contributed by atoms with Gasteiger partial charge in [-0.3, -0.25) is 14.9 Å². The number of carboxylic acids is 1. The monoisotopic (exact) mass is 307 g/mol. The van der Waals surface area contributed by atoms with E-state index in [9.17, 15) is 14.9 Å². The zero-order valence-corrected chi connectivity index (χ0v) is 11.9. The lowest BCUT2D eigenvalue weighted by Gasteiger charge is -2.36. The third-order valence-electron chi connectivity index (χ3n) is 3.27. The summed E-state index contributed by atoms with van der Waals surface area (Å²) in [4.78, 5) is 23.1. The van der Waals surface area contributed by atoms with Crippen molar-refractivity contribution in [2.75, 3.05) is 23.0 Å². The molecule has 1 fully saturated rings. The van der Waals surface area contributed by atoms with Gasteiger partial charge in [0, 0.05) is 35.8 Å². The van der Waals surface area contributed by atoms with Crippen LogP contribution < -0.4 is 4.90 Å². The van der Waals surface area contributed by atoms with Crippen molar-refractivity contribution in [3.05, 3.63) is 33.9 Å². The van der Waals surface area contributed by atoms with E-state index < -0.39 is 10.9 Å². The first-order chi connectivity index (χ1) is 10.0. The number of nitrogens with zero attached hydrogens (tertiary/aromatic N) is 3. The summed E-state index contributed by atoms with van der Waals surface area (Å²) in [6.45, 7) is 0.658. The highest BCUT2D eigenvalue weighted by atomic mass is 32.2. The number of carbonyl (C=O) groups is 1. The predicted molar refractivity (Wildman–Crippen MR) is 78.5 cm³/mol. The summed E-state index contributed by atoms with van der Waals surface area (Å²) in [5, 5.41) is 28.8. The highest BCUT2D eigenvalue weighted by Gasteiger charge is 2.26. The van der Waals surface area contributed by atoms with Gasteiger partial charge in [0.05, 0.1) is 11.3 Å². The van der Waals surface area contributed by atoms with E-state index in [1.54, 1.807) is 17.8 Å². The fourth-order valence-electron chi connectivity index (χ4n) is 2.32. The summed E-state index contributed by atoms with van der Waals surface area (Å²) < 4.78 is 0. The van der Waals surface area contributed by atoms with E-state index >= 15 is 0 Å². The number of rotatable bonds is 4. The lowest BCUT2D eigenvalue weighted by Crippen LogP contribution is -2.43. The van der Waals surface area contributed by atoms with Crippen LogP contribution in [0.25, 0.3) is 0 Å². The maximum absolute atomic E-state index is 10.9. The van der Waals surface area contributed by atoms with Crippen molar-refractivity contribution >= 4 is 29.1 Å². The molecule has 0 aromatic heterocycles. The van der Waals surface area contributed by atoms with Gasteiger partial charge in [0.1, 0.15) is 11.6 Å². The SMILES string of the molecule is N#Cc1cc(N2CCSCC2CC(=O)O)ccc1[N+](=O)[O-]. The lowest BCUT2D eigenvalue weighted by atomic mass is 10.1. The van der Waals surface area contributed by atoms with E-state index in [4.69, 9.17) is 10.4 Å². The fourth-order valence-corrected chi connectivity index (χ4v) is 3.38. The molecule has 0 bridgehead atoms. The molecule has 1 N–H and O–H groups in total. The van der Waals surface area contributed by atoms with Crippen molar-refractivity contribution in [3.63, 3.8) is 0 Å². The molecule has 0 spiro atoms. The molecule has 0 saturated carbocycles.